The van der Waals surface area contributed by atoms with Gasteiger partial charge in [0.25, 0.3) is 5.91 Å². The quantitative estimate of drug-likeness (QED) is 0.447. The second-order valence-electron chi connectivity index (χ2n) is 6.60. The summed E-state index contributed by atoms with van der Waals surface area (Å²) < 4.78 is 5.82. The third-order valence-electron chi connectivity index (χ3n) is 4.35. The fraction of sp³-hybridized carbons (Fsp3) is 0.0435. The summed E-state index contributed by atoms with van der Waals surface area (Å²) in [6.07, 6.45) is 0. The molecule has 0 unspecified atom stereocenters. The molecule has 6 nitrogen and oxygen atoms in total. The molecule has 0 aliphatic rings. The lowest BCUT2D eigenvalue weighted by molar-refractivity contribution is 0.102. The van der Waals surface area contributed by atoms with Gasteiger partial charge in [-0.05, 0) is 49.4 Å². The van der Waals surface area contributed by atoms with Crippen LogP contribution in [0.2, 0.25) is 0 Å². The van der Waals surface area contributed by atoms with E-state index in [1.807, 2.05) is 61.5 Å². The van der Waals surface area contributed by atoms with Crippen molar-refractivity contribution in [2.45, 2.75) is 6.92 Å². The molecule has 0 saturated heterocycles. The van der Waals surface area contributed by atoms with Gasteiger partial charge in [-0.1, -0.05) is 35.9 Å². The van der Waals surface area contributed by atoms with Gasteiger partial charge in [0, 0.05) is 17.1 Å². The van der Waals surface area contributed by atoms with Crippen LogP contribution in [0.4, 0.5) is 11.4 Å². The Balaban J connectivity index is 1.76. The number of benzene rings is 3. The Morgan fingerprint density at radius 2 is 1.69 bits per heavy atom. The summed E-state index contributed by atoms with van der Waals surface area (Å²) in [5.74, 6) is -0.277. The second-order valence-corrected chi connectivity index (χ2v) is 6.60. The fourth-order valence-electron chi connectivity index (χ4n) is 2.82. The van der Waals surface area contributed by atoms with Gasteiger partial charge in [-0.3, -0.25) is 10.2 Å². The van der Waals surface area contributed by atoms with Gasteiger partial charge in [0.2, 0.25) is 5.55 Å². The maximum Gasteiger partial charge on any atom is 0.261 e. The van der Waals surface area contributed by atoms with Crippen molar-refractivity contribution in [3.63, 3.8) is 0 Å². The van der Waals surface area contributed by atoms with Crippen molar-refractivity contribution in [2.75, 3.05) is 10.7 Å². The van der Waals surface area contributed by atoms with Gasteiger partial charge in [0.1, 0.15) is 16.9 Å². The number of nitrogens with zero attached hydrogens (tertiary/aromatic N) is 1. The SMILES string of the molecule is Cc1ccc(NC(=O)c2cc3ccc(O)cc3o/c2=N/Nc2ccccc2)cc1. The number of hydrogen-bond acceptors (Lipinski definition) is 5. The van der Waals surface area contributed by atoms with Crippen molar-refractivity contribution in [3.05, 3.63) is 95.5 Å². The van der Waals surface area contributed by atoms with E-state index in [9.17, 15) is 9.90 Å². The minimum absolute atomic E-state index is 0.0695. The number of aryl methyl sites for hydroxylation is 1. The van der Waals surface area contributed by atoms with E-state index in [0.29, 0.717) is 16.7 Å². The van der Waals surface area contributed by atoms with Gasteiger partial charge in [0.15, 0.2) is 0 Å². The Morgan fingerprint density at radius 1 is 0.931 bits per heavy atom. The van der Waals surface area contributed by atoms with E-state index < -0.39 is 0 Å². The van der Waals surface area contributed by atoms with Crippen LogP contribution in [0.15, 0.2) is 88.4 Å². The predicted molar refractivity (Wildman–Crippen MR) is 113 cm³/mol. The average molecular weight is 385 g/mol. The van der Waals surface area contributed by atoms with E-state index in [-0.39, 0.29) is 22.8 Å². The molecular formula is C23H19N3O3. The summed E-state index contributed by atoms with van der Waals surface area (Å²) >= 11 is 0. The highest BCUT2D eigenvalue weighted by atomic mass is 16.3. The molecule has 1 heterocycles. The monoisotopic (exact) mass is 385 g/mol. The van der Waals surface area contributed by atoms with Gasteiger partial charge in [0.05, 0.1) is 5.69 Å². The number of rotatable bonds is 4. The van der Waals surface area contributed by atoms with Gasteiger partial charge >= 0.3 is 0 Å². The number of phenolic OH excluding ortho intramolecular Hbond substituents is 1. The molecule has 1 aromatic heterocycles. The lowest BCUT2D eigenvalue weighted by Crippen LogP contribution is -2.22. The molecule has 0 radical (unpaired) electrons. The minimum Gasteiger partial charge on any atom is -0.508 e. The molecule has 4 aromatic rings. The predicted octanol–water partition coefficient (Wildman–Crippen LogP) is 4.63. The summed E-state index contributed by atoms with van der Waals surface area (Å²) in [5.41, 5.74) is 6.23. The number of hydrogen-bond donors (Lipinski definition) is 3. The Morgan fingerprint density at radius 3 is 2.45 bits per heavy atom. The summed E-state index contributed by atoms with van der Waals surface area (Å²) in [6.45, 7) is 1.98. The number of nitrogens with one attached hydrogen (secondary N) is 2. The highest BCUT2D eigenvalue weighted by Crippen LogP contribution is 2.20. The molecule has 0 bridgehead atoms. The number of amides is 1. The number of anilines is 2. The maximum atomic E-state index is 12.9. The Bertz CT molecular complexity index is 1230. The first-order valence-corrected chi connectivity index (χ1v) is 9.08. The first kappa shape index (κ1) is 18.3. The van der Waals surface area contributed by atoms with Crippen LogP contribution in [0.1, 0.15) is 15.9 Å². The Kier molecular flexibility index (Phi) is 4.99. The van der Waals surface area contributed by atoms with E-state index in [1.165, 1.54) is 6.07 Å². The van der Waals surface area contributed by atoms with Crippen LogP contribution in [-0.2, 0) is 0 Å². The molecule has 0 spiro atoms. The lowest BCUT2D eigenvalue weighted by atomic mass is 10.1. The second kappa shape index (κ2) is 7.90. The van der Waals surface area contributed by atoms with Crippen molar-refractivity contribution >= 4 is 28.3 Å². The first-order valence-electron chi connectivity index (χ1n) is 9.08. The number of carbonyl (C=O) groups excluding carboxylic acids is 1. The molecule has 0 fully saturated rings. The fourth-order valence-corrected chi connectivity index (χ4v) is 2.82. The van der Waals surface area contributed by atoms with E-state index in [0.717, 1.165) is 11.3 Å². The van der Waals surface area contributed by atoms with Crippen LogP contribution in [0.5, 0.6) is 5.75 Å². The lowest BCUT2D eigenvalue weighted by Gasteiger charge is -2.08. The van der Waals surface area contributed by atoms with Crippen molar-refractivity contribution in [3.8, 4) is 5.75 Å². The van der Waals surface area contributed by atoms with Crippen molar-refractivity contribution in [1.29, 1.82) is 0 Å². The zero-order valence-electron chi connectivity index (χ0n) is 15.7. The molecule has 0 aliphatic heterocycles. The Labute approximate surface area is 167 Å². The molecule has 144 valence electrons. The third-order valence-corrected chi connectivity index (χ3v) is 4.35. The van der Waals surface area contributed by atoms with Crippen molar-refractivity contribution < 1.29 is 14.3 Å². The van der Waals surface area contributed by atoms with Crippen molar-refractivity contribution in [1.82, 2.24) is 0 Å². The van der Waals surface area contributed by atoms with E-state index in [4.69, 9.17) is 4.42 Å². The molecule has 0 saturated carbocycles. The molecule has 1 amide bonds. The zero-order chi connectivity index (χ0) is 20.2. The average Bonchev–Trinajstić information content (AvgIpc) is 2.74. The van der Waals surface area contributed by atoms with Crippen LogP contribution in [0, 0.1) is 6.92 Å². The molecule has 4 rings (SSSR count). The normalized spacial score (nSPS) is 11.4. The highest BCUT2D eigenvalue weighted by molar-refractivity contribution is 6.05. The number of carbonyl (C=O) groups is 1. The summed E-state index contributed by atoms with van der Waals surface area (Å²) in [4.78, 5) is 12.9. The molecule has 0 atom stereocenters. The molecule has 3 N–H and O–H groups in total. The molecule has 0 aliphatic carbocycles. The van der Waals surface area contributed by atoms with E-state index >= 15 is 0 Å². The summed E-state index contributed by atoms with van der Waals surface area (Å²) in [5, 5.41) is 17.6. The van der Waals surface area contributed by atoms with Gasteiger partial charge < -0.3 is 14.8 Å². The number of fused-ring (bicyclic) bond motifs is 1. The van der Waals surface area contributed by atoms with Crippen LogP contribution in [-0.4, -0.2) is 11.0 Å². The molecule has 29 heavy (non-hydrogen) atoms. The van der Waals surface area contributed by atoms with Crippen molar-refractivity contribution in [2.24, 2.45) is 5.10 Å². The van der Waals surface area contributed by atoms with Crippen LogP contribution in [0.3, 0.4) is 0 Å². The Hall–Kier alpha value is -4.06. The summed E-state index contributed by atoms with van der Waals surface area (Å²) in [6, 6.07) is 23.3. The standard InChI is InChI=1S/C23H19N3O3/c1-15-7-10-17(11-8-15)24-22(28)20-13-16-9-12-19(27)14-21(16)29-23(20)26-25-18-5-3-2-4-6-18/h2-14,25,27H,1H3,(H,24,28)/b26-23+. The van der Waals surface area contributed by atoms with Crippen LogP contribution in [0.25, 0.3) is 11.0 Å². The van der Waals surface area contributed by atoms with Crippen LogP contribution < -0.4 is 16.3 Å². The topological polar surface area (TPSA) is 86.9 Å². The minimum atomic E-state index is -0.346. The molecular weight excluding hydrogens is 366 g/mol. The van der Waals surface area contributed by atoms with E-state index in [1.54, 1.807) is 18.2 Å². The van der Waals surface area contributed by atoms with E-state index in [2.05, 4.69) is 15.8 Å². The number of aromatic hydroxyl groups is 1. The molecule has 6 heteroatoms. The number of phenols is 1. The maximum absolute atomic E-state index is 12.9. The van der Waals surface area contributed by atoms with Gasteiger partial charge in [-0.25, -0.2) is 0 Å². The number of para-hydroxylation sites is 1. The third kappa shape index (κ3) is 4.27. The smallest absolute Gasteiger partial charge is 0.261 e. The first-order chi connectivity index (χ1) is 14.1. The largest absolute Gasteiger partial charge is 0.508 e. The summed E-state index contributed by atoms with van der Waals surface area (Å²) in [7, 11) is 0. The van der Waals surface area contributed by atoms with Crippen LogP contribution >= 0.6 is 0 Å². The van der Waals surface area contributed by atoms with Gasteiger partial charge in [-0.2, -0.15) is 0 Å². The van der Waals surface area contributed by atoms with Gasteiger partial charge in [-0.15, -0.1) is 5.10 Å². The zero-order valence-corrected chi connectivity index (χ0v) is 15.7. The molecule has 3 aromatic carbocycles. The highest BCUT2D eigenvalue weighted by Gasteiger charge is 2.13.